The van der Waals surface area contributed by atoms with E-state index in [4.69, 9.17) is 9.05 Å². The number of carbonyl (C=O) groups is 3. The van der Waals surface area contributed by atoms with Crippen molar-refractivity contribution in [2.45, 2.75) is 53.5 Å². The van der Waals surface area contributed by atoms with E-state index in [1.165, 1.54) is 4.90 Å². The van der Waals surface area contributed by atoms with Crippen LogP contribution in [-0.4, -0.2) is 152 Å². The van der Waals surface area contributed by atoms with E-state index in [0.717, 1.165) is 33.4 Å². The van der Waals surface area contributed by atoms with E-state index in [9.17, 15) is 53.5 Å². The molecule has 0 saturated carbocycles. The third kappa shape index (κ3) is 16.9. The molecule has 0 bridgehead atoms. The van der Waals surface area contributed by atoms with Gasteiger partial charge in [-0.05, 0) is 93.0 Å². The van der Waals surface area contributed by atoms with Gasteiger partial charge in [0.2, 0.25) is 0 Å². The van der Waals surface area contributed by atoms with Crippen LogP contribution in [0.5, 0.6) is 5.75 Å². The predicted octanol–water partition coefficient (Wildman–Crippen LogP) is 3.15. The number of aliphatic carboxylic acids is 3. The maximum atomic E-state index is 13.0. The van der Waals surface area contributed by atoms with Crippen LogP contribution in [-0.2, 0) is 28.0 Å². The summed E-state index contributed by atoms with van der Waals surface area (Å²) in [5, 5.41) is 29.2. The van der Waals surface area contributed by atoms with Gasteiger partial charge in [0.1, 0.15) is 18.1 Å². The molecule has 307 valence electrons. The number of hydrogen-bond acceptors (Lipinski definition) is 11. The van der Waals surface area contributed by atoms with Crippen molar-refractivity contribution >= 4 is 33.3 Å². The predicted molar refractivity (Wildman–Crippen MR) is 201 cm³/mol. The van der Waals surface area contributed by atoms with Gasteiger partial charge < -0.3 is 29.6 Å². The summed E-state index contributed by atoms with van der Waals surface area (Å²) in [4.78, 5) is 71.7. The zero-order chi connectivity index (χ0) is 40.4. The van der Waals surface area contributed by atoms with Crippen molar-refractivity contribution in [3.8, 4) is 16.9 Å². The van der Waals surface area contributed by atoms with E-state index >= 15 is 0 Å². The number of hydrogen-bond donors (Lipinski definition) is 6. The van der Waals surface area contributed by atoms with Crippen molar-refractivity contribution in [1.29, 1.82) is 0 Å². The fourth-order valence-electron chi connectivity index (χ4n) is 6.80. The molecule has 2 atom stereocenters. The topological polar surface area (TPSA) is 238 Å². The SMILES string of the molecule is Cc1cc(C)c(-c2cc(C)c(OP(=O)(O)OCCCC(C(=O)O)N3CCN(CC(=O)O)CCN(CP(=O)(O)O)CCN(CC(=O)O)CC3)cc2C)c(C)c1.[Gd+3]. The van der Waals surface area contributed by atoms with Gasteiger partial charge >= 0.3 is 73.3 Å². The fraction of sp³-hybridized carbons (Fsp3) is 0.571. The van der Waals surface area contributed by atoms with Crippen molar-refractivity contribution in [2.75, 3.05) is 78.3 Å². The molecule has 3 rings (SSSR count). The van der Waals surface area contributed by atoms with E-state index in [1.807, 2.05) is 33.8 Å². The molecule has 2 unspecified atom stereocenters. The molecule has 6 N–H and O–H groups in total. The average molecular weight is 958 g/mol. The van der Waals surface area contributed by atoms with E-state index in [0.29, 0.717) is 5.56 Å². The van der Waals surface area contributed by atoms with Crippen LogP contribution in [0.4, 0.5) is 0 Å². The van der Waals surface area contributed by atoms with E-state index < -0.39 is 58.7 Å². The number of phosphoric ester groups is 1. The second kappa shape index (κ2) is 22.3. The third-order valence-electron chi connectivity index (χ3n) is 9.26. The quantitative estimate of drug-likeness (QED) is 0.105. The standard InChI is InChI=1S/C35H54N4O13P2.Gd/c1-24-17-27(4)34(28(5)18-24)29-19-26(3)31(20-25(29)2)52-54(49,50)51-16-6-7-30(35(44)45)39-14-12-36(21-32(40)41)8-10-38(23-53(46,47)48)11-9-37(13-15-39)22-33(42)43;/h17-20,30H,6-16,21-23H2,1-5H3,(H,40,41)(H,42,43)(H,44,45)(H,49,50)(H2,46,47,48);/q;+3. The van der Waals surface area contributed by atoms with Gasteiger partial charge in [0.25, 0.3) is 0 Å². The van der Waals surface area contributed by atoms with Gasteiger partial charge in [0.05, 0.1) is 19.7 Å². The number of rotatable bonds is 16. The van der Waals surface area contributed by atoms with Crippen molar-refractivity contribution in [3.63, 3.8) is 0 Å². The summed E-state index contributed by atoms with van der Waals surface area (Å²) in [6, 6.07) is 6.65. The molecule has 0 aliphatic carbocycles. The largest absolute Gasteiger partial charge is 3.00 e. The minimum atomic E-state index is -4.62. The van der Waals surface area contributed by atoms with Crippen LogP contribution in [0.2, 0.25) is 0 Å². The van der Waals surface area contributed by atoms with Crippen molar-refractivity contribution < 1.29 is 103 Å². The minimum Gasteiger partial charge on any atom is -0.480 e. The maximum absolute atomic E-state index is 13.0. The summed E-state index contributed by atoms with van der Waals surface area (Å²) in [7, 11) is -9.10. The van der Waals surface area contributed by atoms with Crippen molar-refractivity contribution in [2.24, 2.45) is 0 Å². The summed E-state index contributed by atoms with van der Waals surface area (Å²) in [5.41, 5.74) is 6.88. The van der Waals surface area contributed by atoms with Crippen LogP contribution in [0.25, 0.3) is 11.1 Å². The molecule has 0 amide bonds. The smallest absolute Gasteiger partial charge is 0.480 e. The molecule has 1 saturated heterocycles. The van der Waals surface area contributed by atoms with E-state index in [1.54, 1.807) is 27.7 Å². The summed E-state index contributed by atoms with van der Waals surface area (Å²) in [6.07, 6.45) is -0.570. The first-order valence-corrected chi connectivity index (χ1v) is 20.9. The van der Waals surface area contributed by atoms with Crippen LogP contribution in [0.3, 0.4) is 0 Å². The normalized spacial score (nSPS) is 17.6. The Balaban J connectivity index is 0.0000105. The Labute approximate surface area is 354 Å². The molecule has 1 fully saturated rings. The first-order valence-electron chi connectivity index (χ1n) is 17.6. The van der Waals surface area contributed by atoms with Crippen LogP contribution in [0.15, 0.2) is 24.3 Å². The molecule has 2 aromatic carbocycles. The van der Waals surface area contributed by atoms with Gasteiger partial charge in [-0.1, -0.05) is 17.7 Å². The number of aryl methyl sites for hydroxylation is 5. The maximum Gasteiger partial charge on any atom is 3.00 e. The van der Waals surface area contributed by atoms with Crippen LogP contribution in [0, 0.1) is 74.6 Å². The van der Waals surface area contributed by atoms with Gasteiger partial charge in [-0.2, -0.15) is 0 Å². The molecule has 0 aromatic heterocycles. The second-order valence-electron chi connectivity index (χ2n) is 13.9. The molecule has 0 spiro atoms. The number of benzene rings is 2. The monoisotopic (exact) mass is 958 g/mol. The number of carboxylic acid groups (broad SMARTS) is 3. The Bertz CT molecular complexity index is 1690. The molecular weight excluding hydrogens is 904 g/mol. The second-order valence-corrected chi connectivity index (χ2v) is 16.9. The first kappa shape index (κ1) is 49.3. The molecular formula is C35H54GdN4O13P2+3. The van der Waals surface area contributed by atoms with Crippen molar-refractivity contribution in [3.05, 3.63) is 52.1 Å². The fourth-order valence-corrected chi connectivity index (χ4v) is 8.46. The Morgan fingerprint density at radius 3 is 1.67 bits per heavy atom. The average Bonchev–Trinajstić information content (AvgIpc) is 3.02. The number of phosphoric acid groups is 1. The van der Waals surface area contributed by atoms with Gasteiger partial charge in [-0.15, -0.1) is 0 Å². The van der Waals surface area contributed by atoms with Gasteiger partial charge in [-0.25, -0.2) is 4.57 Å². The van der Waals surface area contributed by atoms with E-state index in [-0.39, 0.29) is 117 Å². The molecule has 1 aliphatic rings. The summed E-state index contributed by atoms with van der Waals surface area (Å²) < 4.78 is 35.5. The molecule has 20 heteroatoms. The van der Waals surface area contributed by atoms with Gasteiger partial charge in [0.15, 0.2) is 0 Å². The molecule has 17 nitrogen and oxygen atoms in total. The van der Waals surface area contributed by atoms with Gasteiger partial charge in [-0.3, -0.25) is 48.0 Å². The molecule has 1 aliphatic heterocycles. The molecule has 1 heterocycles. The number of nitrogens with zero attached hydrogens (tertiary/aromatic N) is 4. The minimum absolute atomic E-state index is 0. The third-order valence-corrected chi connectivity index (χ3v) is 11.0. The first-order chi connectivity index (χ1) is 25.1. The van der Waals surface area contributed by atoms with E-state index in [2.05, 4.69) is 12.1 Å². The Morgan fingerprint density at radius 2 is 1.20 bits per heavy atom. The zero-order valence-corrected chi connectivity index (χ0v) is 35.9. The summed E-state index contributed by atoms with van der Waals surface area (Å²) in [6.45, 7) is 9.34. The molecule has 2 aromatic rings. The van der Waals surface area contributed by atoms with Crippen LogP contribution in [0.1, 0.15) is 40.7 Å². The Hall–Kier alpha value is -1.89. The van der Waals surface area contributed by atoms with Crippen LogP contribution < -0.4 is 4.52 Å². The summed E-state index contributed by atoms with van der Waals surface area (Å²) in [5.74, 6) is -3.29. The Morgan fingerprint density at radius 1 is 0.709 bits per heavy atom. The van der Waals surface area contributed by atoms with Crippen molar-refractivity contribution in [1.82, 2.24) is 19.6 Å². The zero-order valence-electron chi connectivity index (χ0n) is 31.9. The van der Waals surface area contributed by atoms with Crippen LogP contribution >= 0.6 is 15.4 Å². The number of carboxylic acids is 3. The molecule has 1 radical (unpaired) electrons. The molecule has 55 heavy (non-hydrogen) atoms. The summed E-state index contributed by atoms with van der Waals surface area (Å²) >= 11 is 0. The Kier molecular flexibility index (Phi) is 20.0. The van der Waals surface area contributed by atoms with Gasteiger partial charge in [0, 0.05) is 52.4 Å².